The molecule has 0 aromatic heterocycles. The highest BCUT2D eigenvalue weighted by Gasteiger charge is 2.19. The summed E-state index contributed by atoms with van der Waals surface area (Å²) >= 11 is 0. The highest BCUT2D eigenvalue weighted by molar-refractivity contribution is 5.76. The van der Waals surface area contributed by atoms with Gasteiger partial charge in [-0.3, -0.25) is 4.79 Å². The van der Waals surface area contributed by atoms with Crippen molar-refractivity contribution >= 4 is 5.91 Å². The average Bonchev–Trinajstić information content (AvgIpc) is 2.99. The highest BCUT2D eigenvalue weighted by atomic mass is 16.1. The van der Waals surface area contributed by atoms with Crippen molar-refractivity contribution in [2.45, 2.75) is 32.6 Å². The number of carbonyl (C=O) groups excluding carboxylic acids is 1. The summed E-state index contributed by atoms with van der Waals surface area (Å²) in [5, 5.41) is 6.39. The predicted molar refractivity (Wildman–Crippen MR) is 73.4 cm³/mol. The smallest absolute Gasteiger partial charge is 0.220 e. The normalized spacial score (nSPS) is 26.4. The van der Waals surface area contributed by atoms with Crippen molar-refractivity contribution in [2.24, 2.45) is 11.8 Å². The molecule has 4 heteroatoms. The largest absolute Gasteiger partial charge is 0.356 e. The molecule has 0 aliphatic carbocycles. The van der Waals surface area contributed by atoms with E-state index >= 15 is 0 Å². The van der Waals surface area contributed by atoms with Crippen LogP contribution in [0.15, 0.2) is 0 Å². The maximum atomic E-state index is 11.8. The molecule has 0 saturated carbocycles. The van der Waals surface area contributed by atoms with Crippen molar-refractivity contribution in [2.75, 3.05) is 39.3 Å². The third-order valence-corrected chi connectivity index (χ3v) is 4.05. The van der Waals surface area contributed by atoms with E-state index in [1.54, 1.807) is 0 Å². The average molecular weight is 253 g/mol. The molecule has 0 bridgehead atoms. The summed E-state index contributed by atoms with van der Waals surface area (Å²) < 4.78 is 0. The molecule has 2 aliphatic heterocycles. The van der Waals surface area contributed by atoms with Crippen molar-refractivity contribution in [3.05, 3.63) is 0 Å². The summed E-state index contributed by atoms with van der Waals surface area (Å²) in [5.74, 6) is 1.35. The zero-order valence-corrected chi connectivity index (χ0v) is 11.6. The number of amides is 1. The van der Waals surface area contributed by atoms with Crippen LogP contribution >= 0.6 is 0 Å². The molecule has 2 atom stereocenters. The zero-order chi connectivity index (χ0) is 12.8. The van der Waals surface area contributed by atoms with Crippen LogP contribution in [0.5, 0.6) is 0 Å². The van der Waals surface area contributed by atoms with Crippen molar-refractivity contribution in [1.82, 2.24) is 15.5 Å². The van der Waals surface area contributed by atoms with Gasteiger partial charge in [0.25, 0.3) is 0 Å². The first kappa shape index (κ1) is 13.8. The summed E-state index contributed by atoms with van der Waals surface area (Å²) in [6.45, 7) is 8.76. The maximum Gasteiger partial charge on any atom is 0.220 e. The topological polar surface area (TPSA) is 44.4 Å². The SMILES string of the molecule is CC(CNC(=O)CC1CCNC1)CN1CCCC1. The minimum absolute atomic E-state index is 0.233. The van der Waals surface area contributed by atoms with Gasteiger partial charge in [0.2, 0.25) is 5.91 Å². The highest BCUT2D eigenvalue weighted by Crippen LogP contribution is 2.12. The van der Waals surface area contributed by atoms with E-state index in [1.165, 1.54) is 25.9 Å². The van der Waals surface area contributed by atoms with Crippen molar-refractivity contribution in [1.29, 1.82) is 0 Å². The van der Waals surface area contributed by atoms with Crippen LogP contribution in [0.25, 0.3) is 0 Å². The quantitative estimate of drug-likeness (QED) is 0.737. The van der Waals surface area contributed by atoms with Crippen LogP contribution in [-0.4, -0.2) is 50.1 Å². The molecule has 2 aliphatic rings. The Morgan fingerprint density at radius 2 is 2.22 bits per heavy atom. The van der Waals surface area contributed by atoms with E-state index in [2.05, 4.69) is 22.5 Å². The Bertz CT molecular complexity index is 258. The standard InChI is InChI=1S/C14H27N3O/c1-12(11-17-6-2-3-7-17)9-16-14(18)8-13-4-5-15-10-13/h12-13,15H,2-11H2,1H3,(H,16,18). The van der Waals surface area contributed by atoms with E-state index in [4.69, 9.17) is 0 Å². The molecule has 0 aromatic carbocycles. The van der Waals surface area contributed by atoms with E-state index in [0.29, 0.717) is 18.3 Å². The fraction of sp³-hybridized carbons (Fsp3) is 0.929. The van der Waals surface area contributed by atoms with Gasteiger partial charge < -0.3 is 15.5 Å². The molecule has 2 unspecified atom stereocenters. The summed E-state index contributed by atoms with van der Waals surface area (Å²) in [7, 11) is 0. The summed E-state index contributed by atoms with van der Waals surface area (Å²) in [5.41, 5.74) is 0. The van der Waals surface area contributed by atoms with Gasteiger partial charge in [0.1, 0.15) is 0 Å². The maximum absolute atomic E-state index is 11.8. The third kappa shape index (κ3) is 4.58. The second kappa shape index (κ2) is 7.10. The Hall–Kier alpha value is -0.610. The van der Waals surface area contributed by atoms with Crippen LogP contribution < -0.4 is 10.6 Å². The first-order chi connectivity index (χ1) is 8.74. The lowest BCUT2D eigenvalue weighted by molar-refractivity contribution is -0.122. The second-order valence-corrected chi connectivity index (χ2v) is 5.98. The molecule has 0 aromatic rings. The van der Waals surface area contributed by atoms with Gasteiger partial charge in [-0.1, -0.05) is 6.92 Å². The van der Waals surface area contributed by atoms with Crippen molar-refractivity contribution in [3.63, 3.8) is 0 Å². The molecule has 2 rings (SSSR count). The van der Waals surface area contributed by atoms with Gasteiger partial charge in [0.15, 0.2) is 0 Å². The molecule has 2 heterocycles. The van der Waals surface area contributed by atoms with E-state index in [9.17, 15) is 4.79 Å². The molecule has 4 nitrogen and oxygen atoms in total. The molecular formula is C14H27N3O. The summed E-state index contributed by atoms with van der Waals surface area (Å²) in [4.78, 5) is 14.3. The van der Waals surface area contributed by atoms with E-state index < -0.39 is 0 Å². The fourth-order valence-corrected chi connectivity index (χ4v) is 2.98. The summed E-state index contributed by atoms with van der Waals surface area (Å²) in [6.07, 6.45) is 4.53. The molecule has 104 valence electrons. The molecule has 2 N–H and O–H groups in total. The minimum Gasteiger partial charge on any atom is -0.356 e. The lowest BCUT2D eigenvalue weighted by atomic mass is 10.0. The third-order valence-electron chi connectivity index (χ3n) is 4.05. The predicted octanol–water partition coefficient (Wildman–Crippen LogP) is 0.834. The van der Waals surface area contributed by atoms with Crippen LogP contribution in [0.4, 0.5) is 0 Å². The van der Waals surface area contributed by atoms with Crippen LogP contribution in [0.1, 0.15) is 32.6 Å². The molecular weight excluding hydrogens is 226 g/mol. The van der Waals surface area contributed by atoms with Gasteiger partial charge in [-0.2, -0.15) is 0 Å². The molecule has 2 fully saturated rings. The fourth-order valence-electron chi connectivity index (χ4n) is 2.98. The summed E-state index contributed by atoms with van der Waals surface area (Å²) in [6, 6.07) is 0. The van der Waals surface area contributed by atoms with Gasteiger partial charge in [-0.15, -0.1) is 0 Å². The van der Waals surface area contributed by atoms with Crippen LogP contribution in [0.3, 0.4) is 0 Å². The van der Waals surface area contributed by atoms with Gasteiger partial charge >= 0.3 is 0 Å². The Morgan fingerprint density at radius 3 is 2.89 bits per heavy atom. The van der Waals surface area contributed by atoms with Gasteiger partial charge in [0, 0.05) is 19.5 Å². The Kier molecular flexibility index (Phi) is 5.45. The lowest BCUT2D eigenvalue weighted by Gasteiger charge is -2.20. The number of hydrogen-bond acceptors (Lipinski definition) is 3. The van der Waals surface area contributed by atoms with Crippen LogP contribution in [0, 0.1) is 11.8 Å². The zero-order valence-electron chi connectivity index (χ0n) is 11.6. The Balaban J connectivity index is 1.56. The first-order valence-corrected chi connectivity index (χ1v) is 7.44. The number of rotatable bonds is 6. The number of carbonyl (C=O) groups is 1. The molecule has 0 spiro atoms. The Morgan fingerprint density at radius 1 is 1.44 bits per heavy atom. The van der Waals surface area contributed by atoms with Crippen LogP contribution in [0.2, 0.25) is 0 Å². The number of hydrogen-bond donors (Lipinski definition) is 2. The minimum atomic E-state index is 0.233. The monoisotopic (exact) mass is 253 g/mol. The van der Waals surface area contributed by atoms with Gasteiger partial charge in [0.05, 0.1) is 0 Å². The number of nitrogens with one attached hydrogen (secondary N) is 2. The van der Waals surface area contributed by atoms with Crippen molar-refractivity contribution in [3.8, 4) is 0 Å². The van der Waals surface area contributed by atoms with E-state index in [-0.39, 0.29) is 5.91 Å². The van der Waals surface area contributed by atoms with Crippen molar-refractivity contribution < 1.29 is 4.79 Å². The number of nitrogens with zero attached hydrogens (tertiary/aromatic N) is 1. The molecule has 1 amide bonds. The lowest BCUT2D eigenvalue weighted by Crippen LogP contribution is -2.35. The second-order valence-electron chi connectivity index (χ2n) is 5.98. The van der Waals surface area contributed by atoms with E-state index in [0.717, 1.165) is 32.6 Å². The Labute approximate surface area is 110 Å². The molecule has 2 saturated heterocycles. The number of likely N-dealkylation sites (tertiary alicyclic amines) is 1. The molecule has 0 radical (unpaired) electrons. The van der Waals surface area contributed by atoms with Crippen LogP contribution in [-0.2, 0) is 4.79 Å². The van der Waals surface area contributed by atoms with Gasteiger partial charge in [-0.05, 0) is 57.3 Å². The molecule has 18 heavy (non-hydrogen) atoms. The first-order valence-electron chi connectivity index (χ1n) is 7.44. The van der Waals surface area contributed by atoms with Gasteiger partial charge in [-0.25, -0.2) is 0 Å². The van der Waals surface area contributed by atoms with E-state index in [1.807, 2.05) is 0 Å².